The van der Waals surface area contributed by atoms with Gasteiger partial charge in [0.15, 0.2) is 0 Å². The van der Waals surface area contributed by atoms with E-state index in [0.717, 1.165) is 12.1 Å². The van der Waals surface area contributed by atoms with Gasteiger partial charge >= 0.3 is 0 Å². The normalized spacial score (nSPS) is 10.1. The maximum Gasteiger partial charge on any atom is 0.255 e. The Morgan fingerprint density at radius 2 is 1.79 bits per heavy atom. The van der Waals surface area contributed by atoms with E-state index >= 15 is 0 Å². The van der Waals surface area contributed by atoms with Crippen molar-refractivity contribution in [3.05, 3.63) is 66.3 Å². The molecule has 124 valence electrons. The average molecular weight is 348 g/mol. The molecule has 0 saturated heterocycles. The van der Waals surface area contributed by atoms with Crippen molar-refractivity contribution in [2.45, 2.75) is 4.90 Å². The summed E-state index contributed by atoms with van der Waals surface area (Å²) < 4.78 is 27.1. The molecule has 2 rings (SSSR count). The topological polar surface area (TPSA) is 58.2 Å². The van der Waals surface area contributed by atoms with E-state index in [2.05, 4.69) is 17.2 Å². The number of nitrogens with one attached hydrogen (secondary N) is 2. The van der Waals surface area contributed by atoms with Crippen molar-refractivity contribution in [1.82, 2.24) is 0 Å². The predicted molar refractivity (Wildman–Crippen MR) is 91.4 cm³/mol. The molecule has 24 heavy (non-hydrogen) atoms. The lowest BCUT2D eigenvalue weighted by molar-refractivity contribution is -0.111. The van der Waals surface area contributed by atoms with E-state index in [-0.39, 0.29) is 16.9 Å². The van der Waals surface area contributed by atoms with Crippen LogP contribution in [0.1, 0.15) is 10.4 Å². The van der Waals surface area contributed by atoms with Gasteiger partial charge in [-0.25, -0.2) is 8.78 Å². The van der Waals surface area contributed by atoms with E-state index < -0.39 is 23.4 Å². The van der Waals surface area contributed by atoms with Gasteiger partial charge in [-0.2, -0.15) is 0 Å². The summed E-state index contributed by atoms with van der Waals surface area (Å²) in [5.41, 5.74) is 0.471. The molecule has 0 atom stereocenters. The quantitative estimate of drug-likeness (QED) is 0.633. The first kappa shape index (κ1) is 17.7. The van der Waals surface area contributed by atoms with Gasteiger partial charge < -0.3 is 10.6 Å². The molecule has 0 spiro atoms. The van der Waals surface area contributed by atoms with Gasteiger partial charge in [-0.05, 0) is 48.7 Å². The molecule has 2 amide bonds. The van der Waals surface area contributed by atoms with E-state index in [0.29, 0.717) is 4.90 Å². The Bertz CT molecular complexity index is 809. The first-order valence-corrected chi connectivity index (χ1v) is 8.05. The van der Waals surface area contributed by atoms with Crippen LogP contribution in [0, 0.1) is 11.6 Å². The number of halogens is 2. The average Bonchev–Trinajstić information content (AvgIpc) is 2.58. The lowest BCUT2D eigenvalue weighted by Crippen LogP contribution is -2.13. The van der Waals surface area contributed by atoms with Crippen molar-refractivity contribution in [3.8, 4) is 0 Å². The summed E-state index contributed by atoms with van der Waals surface area (Å²) >= 11 is 1.19. The van der Waals surface area contributed by atoms with E-state index in [1.165, 1.54) is 42.1 Å². The number of amides is 2. The van der Waals surface area contributed by atoms with Gasteiger partial charge in [0.1, 0.15) is 11.6 Å². The minimum absolute atomic E-state index is 0.0818. The molecule has 0 saturated carbocycles. The first-order valence-electron chi connectivity index (χ1n) is 6.82. The number of anilines is 2. The molecule has 0 radical (unpaired) electrons. The lowest BCUT2D eigenvalue weighted by atomic mass is 10.2. The van der Waals surface area contributed by atoms with Crippen LogP contribution in [0.2, 0.25) is 0 Å². The Hall–Kier alpha value is -2.67. The smallest absolute Gasteiger partial charge is 0.255 e. The van der Waals surface area contributed by atoms with Gasteiger partial charge in [-0.15, -0.1) is 11.8 Å². The van der Waals surface area contributed by atoms with Crippen LogP contribution in [0.15, 0.2) is 53.9 Å². The summed E-state index contributed by atoms with van der Waals surface area (Å²) in [6, 6.07) is 7.75. The van der Waals surface area contributed by atoms with Crippen LogP contribution >= 0.6 is 11.8 Å². The molecule has 0 aromatic heterocycles. The highest BCUT2D eigenvalue weighted by atomic mass is 32.2. The van der Waals surface area contributed by atoms with Gasteiger partial charge in [0.05, 0.1) is 5.69 Å². The molecule has 0 heterocycles. The van der Waals surface area contributed by atoms with Gasteiger partial charge in [-0.3, -0.25) is 9.59 Å². The van der Waals surface area contributed by atoms with Crippen molar-refractivity contribution < 1.29 is 18.4 Å². The fourth-order valence-corrected chi connectivity index (χ4v) is 2.39. The third kappa shape index (κ3) is 4.20. The zero-order valence-electron chi connectivity index (χ0n) is 12.7. The third-order valence-electron chi connectivity index (χ3n) is 3.08. The monoisotopic (exact) mass is 348 g/mol. The molecule has 2 aromatic rings. The van der Waals surface area contributed by atoms with Crippen molar-refractivity contribution in [1.29, 1.82) is 0 Å². The second-order valence-electron chi connectivity index (χ2n) is 4.69. The molecular formula is C17H14F2N2O2S. The molecule has 4 nitrogen and oxygen atoms in total. The SMILES string of the molecule is C=CC(=O)Nc1cc(NC(=O)c2ccc(F)c(SC)c2)ccc1F. The zero-order chi connectivity index (χ0) is 17.7. The minimum Gasteiger partial charge on any atom is -0.322 e. The number of hydrogen-bond donors (Lipinski definition) is 2. The Balaban J connectivity index is 2.21. The summed E-state index contributed by atoms with van der Waals surface area (Å²) in [4.78, 5) is 23.8. The fourth-order valence-electron chi connectivity index (χ4n) is 1.89. The zero-order valence-corrected chi connectivity index (χ0v) is 13.5. The van der Waals surface area contributed by atoms with Gasteiger partial charge in [-0.1, -0.05) is 6.58 Å². The molecule has 0 aliphatic heterocycles. The van der Waals surface area contributed by atoms with Crippen molar-refractivity contribution in [2.75, 3.05) is 16.9 Å². The van der Waals surface area contributed by atoms with Gasteiger partial charge in [0, 0.05) is 16.1 Å². The number of carbonyl (C=O) groups excluding carboxylic acids is 2. The first-order chi connectivity index (χ1) is 11.4. The number of benzene rings is 2. The van der Waals surface area contributed by atoms with E-state index in [9.17, 15) is 18.4 Å². The van der Waals surface area contributed by atoms with Gasteiger partial charge in [0.2, 0.25) is 5.91 Å². The van der Waals surface area contributed by atoms with Crippen LogP contribution in [-0.4, -0.2) is 18.1 Å². The van der Waals surface area contributed by atoms with E-state index in [1.54, 1.807) is 6.26 Å². The van der Waals surface area contributed by atoms with E-state index in [4.69, 9.17) is 0 Å². The summed E-state index contributed by atoms with van der Waals surface area (Å²) in [5.74, 6) is -2.09. The lowest BCUT2D eigenvalue weighted by Gasteiger charge is -2.10. The Morgan fingerprint density at radius 1 is 1.08 bits per heavy atom. The van der Waals surface area contributed by atoms with Crippen LogP contribution in [0.5, 0.6) is 0 Å². The molecule has 0 bridgehead atoms. The van der Waals surface area contributed by atoms with Crippen molar-refractivity contribution in [2.24, 2.45) is 0 Å². The van der Waals surface area contributed by atoms with Gasteiger partial charge in [0.25, 0.3) is 5.91 Å². The van der Waals surface area contributed by atoms with Crippen molar-refractivity contribution in [3.63, 3.8) is 0 Å². The van der Waals surface area contributed by atoms with Crippen LogP contribution in [0.25, 0.3) is 0 Å². The summed E-state index contributed by atoms with van der Waals surface area (Å²) in [6.07, 6.45) is 2.71. The molecule has 0 aliphatic rings. The molecule has 0 aliphatic carbocycles. The minimum atomic E-state index is -0.644. The van der Waals surface area contributed by atoms with Crippen molar-refractivity contribution >= 4 is 35.0 Å². The number of thioether (sulfide) groups is 1. The molecule has 7 heteroatoms. The number of rotatable bonds is 5. The highest BCUT2D eigenvalue weighted by molar-refractivity contribution is 7.98. The van der Waals surface area contributed by atoms with Crippen LogP contribution in [-0.2, 0) is 4.79 Å². The largest absolute Gasteiger partial charge is 0.322 e. The predicted octanol–water partition coefficient (Wildman–Crippen LogP) is 4.06. The van der Waals surface area contributed by atoms with E-state index in [1.807, 2.05) is 0 Å². The second kappa shape index (κ2) is 7.74. The van der Waals surface area contributed by atoms with Crippen LogP contribution in [0.4, 0.5) is 20.2 Å². The molecule has 0 fully saturated rings. The fraction of sp³-hybridized carbons (Fsp3) is 0.0588. The Morgan fingerprint density at radius 3 is 2.46 bits per heavy atom. The Kier molecular flexibility index (Phi) is 5.70. The summed E-state index contributed by atoms with van der Waals surface area (Å²) in [7, 11) is 0. The highest BCUT2D eigenvalue weighted by Gasteiger charge is 2.12. The molecule has 2 aromatic carbocycles. The number of hydrogen-bond acceptors (Lipinski definition) is 3. The standard InChI is InChI=1S/C17H14F2N2O2S/c1-3-16(22)21-14-9-11(5-7-12(14)18)20-17(23)10-4-6-13(19)15(8-10)24-2/h3-9H,1H2,2H3,(H,20,23)(H,21,22). The maximum absolute atomic E-state index is 13.7. The third-order valence-corrected chi connectivity index (χ3v) is 3.83. The van der Waals surface area contributed by atoms with Crippen LogP contribution in [0.3, 0.4) is 0 Å². The van der Waals surface area contributed by atoms with Crippen LogP contribution < -0.4 is 10.6 Å². The summed E-state index contributed by atoms with van der Waals surface area (Å²) in [5, 5.41) is 4.88. The molecule has 0 unspecified atom stereocenters. The second-order valence-corrected chi connectivity index (χ2v) is 5.54. The molecular weight excluding hydrogens is 334 g/mol. The number of carbonyl (C=O) groups is 2. The Labute approximate surface area is 142 Å². The molecule has 2 N–H and O–H groups in total. The summed E-state index contributed by atoms with van der Waals surface area (Å²) in [6.45, 7) is 3.28. The highest BCUT2D eigenvalue weighted by Crippen LogP contribution is 2.23. The maximum atomic E-state index is 13.7.